The molecule has 9 heavy (non-hydrogen) atoms. The Balaban J connectivity index is 0. The molecule has 0 aromatic heterocycles. The SMILES string of the molecule is CCN(CC)C(=O)[S-].[Ag+]. The zero-order valence-electron chi connectivity index (χ0n) is 5.48. The Kier molecular flexibility index (Phi) is 8.83. The molecule has 4 heteroatoms. The summed E-state index contributed by atoms with van der Waals surface area (Å²) in [5.41, 5.74) is 0. The number of amides is 1. The van der Waals surface area contributed by atoms with Crippen LogP contribution in [0.5, 0.6) is 0 Å². The predicted molar refractivity (Wildman–Crippen MR) is 35.7 cm³/mol. The Morgan fingerprint density at radius 2 is 1.78 bits per heavy atom. The van der Waals surface area contributed by atoms with Crippen molar-refractivity contribution in [2.24, 2.45) is 0 Å². The fraction of sp³-hybridized carbons (Fsp3) is 0.800. The van der Waals surface area contributed by atoms with Crippen molar-refractivity contribution in [2.75, 3.05) is 13.1 Å². The third-order valence-corrected chi connectivity index (χ3v) is 1.28. The van der Waals surface area contributed by atoms with Gasteiger partial charge in [0.25, 0.3) is 0 Å². The van der Waals surface area contributed by atoms with Crippen molar-refractivity contribution in [2.45, 2.75) is 13.8 Å². The standard InChI is InChI=1S/C5H11NOS.Ag/c1-3-6(4-2)5(7)8;/h3-4H2,1-2H3,(H,7,8);/q;+1/p-1. The third kappa shape index (κ3) is 4.90. The largest absolute Gasteiger partial charge is 1.00 e. The summed E-state index contributed by atoms with van der Waals surface area (Å²) in [5, 5.41) is -0.255. The van der Waals surface area contributed by atoms with Crippen LogP contribution in [-0.4, -0.2) is 23.2 Å². The molecule has 0 aromatic rings. The summed E-state index contributed by atoms with van der Waals surface area (Å²) in [4.78, 5) is 11.9. The smallest absolute Gasteiger partial charge is 0.719 e. The molecule has 0 radical (unpaired) electrons. The van der Waals surface area contributed by atoms with E-state index in [1.165, 1.54) is 0 Å². The van der Waals surface area contributed by atoms with Crippen LogP contribution in [0.25, 0.3) is 0 Å². The summed E-state index contributed by atoms with van der Waals surface area (Å²) in [7, 11) is 0. The van der Waals surface area contributed by atoms with Gasteiger partial charge in [-0.05, 0) is 13.8 Å². The molecule has 0 aliphatic rings. The fourth-order valence-corrected chi connectivity index (χ4v) is 0.740. The van der Waals surface area contributed by atoms with E-state index in [1.807, 2.05) is 13.8 Å². The van der Waals surface area contributed by atoms with Gasteiger partial charge in [-0.25, -0.2) is 0 Å². The van der Waals surface area contributed by atoms with Crippen LogP contribution < -0.4 is 0 Å². The van der Waals surface area contributed by atoms with E-state index in [2.05, 4.69) is 12.6 Å². The molecular weight excluding hydrogens is 230 g/mol. The van der Waals surface area contributed by atoms with Crippen LogP contribution in [0.2, 0.25) is 0 Å². The molecule has 0 heterocycles. The first-order valence-corrected chi connectivity index (χ1v) is 3.09. The van der Waals surface area contributed by atoms with Crippen LogP contribution in [0.1, 0.15) is 13.8 Å². The van der Waals surface area contributed by atoms with Gasteiger partial charge in [0.05, 0.1) is 0 Å². The van der Waals surface area contributed by atoms with Gasteiger partial charge in [0, 0.05) is 13.1 Å². The van der Waals surface area contributed by atoms with Gasteiger partial charge in [-0.3, -0.25) is 0 Å². The number of nitrogens with zero attached hydrogens (tertiary/aromatic N) is 1. The first-order valence-electron chi connectivity index (χ1n) is 2.68. The topological polar surface area (TPSA) is 20.3 Å². The third-order valence-electron chi connectivity index (χ3n) is 1.02. The molecule has 2 nitrogen and oxygen atoms in total. The Morgan fingerprint density at radius 3 is 1.78 bits per heavy atom. The summed E-state index contributed by atoms with van der Waals surface area (Å²) in [6.45, 7) is 5.26. The zero-order valence-corrected chi connectivity index (χ0v) is 7.78. The van der Waals surface area contributed by atoms with Gasteiger partial charge < -0.3 is 22.3 Å². The first kappa shape index (κ1) is 12.1. The van der Waals surface area contributed by atoms with Crippen LogP contribution in [0.15, 0.2) is 0 Å². The number of hydrogen-bond donors (Lipinski definition) is 0. The maximum Gasteiger partial charge on any atom is 1.00 e. The van der Waals surface area contributed by atoms with Crippen molar-refractivity contribution < 1.29 is 27.2 Å². The van der Waals surface area contributed by atoms with Gasteiger partial charge in [-0.2, -0.15) is 0 Å². The molecule has 0 aliphatic carbocycles. The summed E-state index contributed by atoms with van der Waals surface area (Å²) in [6.07, 6.45) is 0. The van der Waals surface area contributed by atoms with E-state index >= 15 is 0 Å². The van der Waals surface area contributed by atoms with Crippen LogP contribution in [0.4, 0.5) is 4.79 Å². The molecule has 0 spiro atoms. The molecule has 0 unspecified atom stereocenters. The van der Waals surface area contributed by atoms with Crippen LogP contribution >= 0.6 is 0 Å². The summed E-state index contributed by atoms with van der Waals surface area (Å²) >= 11 is 4.39. The molecule has 0 N–H and O–H groups in total. The Hall–Kier alpha value is 0.430. The molecule has 0 bridgehead atoms. The van der Waals surface area contributed by atoms with Gasteiger partial charge in [-0.15, -0.1) is 0 Å². The minimum Gasteiger partial charge on any atom is -0.719 e. The predicted octanol–water partition coefficient (Wildman–Crippen LogP) is 0.993. The van der Waals surface area contributed by atoms with Gasteiger partial charge in [0.2, 0.25) is 0 Å². The van der Waals surface area contributed by atoms with E-state index in [0.717, 1.165) is 13.1 Å². The van der Waals surface area contributed by atoms with E-state index in [0.29, 0.717) is 0 Å². The van der Waals surface area contributed by atoms with E-state index in [-0.39, 0.29) is 27.6 Å². The van der Waals surface area contributed by atoms with Crippen molar-refractivity contribution >= 4 is 17.9 Å². The van der Waals surface area contributed by atoms with Gasteiger partial charge in [-0.1, -0.05) is 0 Å². The zero-order chi connectivity index (χ0) is 6.57. The molecule has 0 saturated heterocycles. The second-order valence-corrected chi connectivity index (χ2v) is 1.79. The summed E-state index contributed by atoms with van der Waals surface area (Å²) in [5.74, 6) is 0. The van der Waals surface area contributed by atoms with Crippen LogP contribution in [0.3, 0.4) is 0 Å². The maximum absolute atomic E-state index is 10.3. The molecular formula is C5H10AgNOS. The minimum absolute atomic E-state index is 0. The second kappa shape index (κ2) is 6.55. The second-order valence-electron chi connectivity index (χ2n) is 1.44. The molecule has 0 fully saturated rings. The summed E-state index contributed by atoms with van der Waals surface area (Å²) < 4.78 is 0. The molecule has 1 amide bonds. The van der Waals surface area contributed by atoms with E-state index in [4.69, 9.17) is 0 Å². The molecule has 0 aliphatic heterocycles. The van der Waals surface area contributed by atoms with E-state index in [1.54, 1.807) is 4.90 Å². The monoisotopic (exact) mass is 239 g/mol. The van der Waals surface area contributed by atoms with Crippen molar-refractivity contribution in [3.63, 3.8) is 0 Å². The Morgan fingerprint density at radius 1 is 1.44 bits per heavy atom. The number of hydrogen-bond acceptors (Lipinski definition) is 2. The van der Waals surface area contributed by atoms with Crippen molar-refractivity contribution in [3.05, 3.63) is 0 Å². The van der Waals surface area contributed by atoms with Crippen molar-refractivity contribution in [3.8, 4) is 0 Å². The molecule has 58 valence electrons. The Bertz CT molecular complexity index is 85.0. The average Bonchev–Trinajstić information content (AvgIpc) is 1.69. The maximum atomic E-state index is 10.3. The van der Waals surface area contributed by atoms with E-state index in [9.17, 15) is 4.79 Å². The van der Waals surface area contributed by atoms with Crippen LogP contribution in [-0.2, 0) is 35.0 Å². The van der Waals surface area contributed by atoms with Gasteiger partial charge in [0.1, 0.15) is 5.24 Å². The number of rotatable bonds is 2. The summed E-state index contributed by atoms with van der Waals surface area (Å²) in [6, 6.07) is 0. The van der Waals surface area contributed by atoms with Crippen LogP contribution in [0, 0.1) is 0 Å². The minimum atomic E-state index is -0.255. The number of carbonyl (C=O) groups excluding carboxylic acids is 1. The molecule has 0 rings (SSSR count). The average molecular weight is 240 g/mol. The van der Waals surface area contributed by atoms with Crippen molar-refractivity contribution in [1.82, 2.24) is 4.90 Å². The number of carbonyl (C=O) groups is 1. The molecule has 0 atom stereocenters. The van der Waals surface area contributed by atoms with Gasteiger partial charge in [0.15, 0.2) is 0 Å². The Labute approximate surface area is 76.9 Å². The first-order chi connectivity index (χ1) is 3.72. The molecule has 0 aromatic carbocycles. The molecule has 0 saturated carbocycles. The normalized spacial score (nSPS) is 7.78. The van der Waals surface area contributed by atoms with Gasteiger partial charge >= 0.3 is 22.4 Å². The quantitative estimate of drug-likeness (QED) is 0.530. The van der Waals surface area contributed by atoms with Crippen molar-refractivity contribution in [1.29, 1.82) is 0 Å². The van der Waals surface area contributed by atoms with E-state index < -0.39 is 0 Å². The fourth-order valence-electron chi connectivity index (χ4n) is 0.482.